The number of nitrogens with zero attached hydrogens (tertiary/aromatic N) is 1. The molecule has 19 heavy (non-hydrogen) atoms. The van der Waals surface area contributed by atoms with Crippen LogP contribution >= 0.6 is 0 Å². The van der Waals surface area contributed by atoms with Crippen molar-refractivity contribution in [2.24, 2.45) is 0 Å². The molecule has 1 aromatic carbocycles. The monoisotopic (exact) mass is 281 g/mol. The van der Waals surface area contributed by atoms with E-state index in [1.54, 1.807) is 23.1 Å². The van der Waals surface area contributed by atoms with Crippen molar-refractivity contribution in [3.8, 4) is 0 Å². The third-order valence-corrected chi connectivity index (χ3v) is 5.29. The van der Waals surface area contributed by atoms with E-state index in [9.17, 15) is 13.2 Å². The first kappa shape index (κ1) is 14.1. The highest BCUT2D eigenvalue weighted by Gasteiger charge is 2.26. The number of carbonyl (C=O) groups excluding carboxylic acids is 1. The van der Waals surface area contributed by atoms with Crippen molar-refractivity contribution < 1.29 is 13.2 Å². The number of benzene rings is 1. The molecule has 0 saturated carbocycles. The Morgan fingerprint density at radius 1 is 1.21 bits per heavy atom. The van der Waals surface area contributed by atoms with Crippen LogP contribution in [0.5, 0.6) is 0 Å². The summed E-state index contributed by atoms with van der Waals surface area (Å²) >= 11 is 0. The number of carbonyl (C=O) groups is 1. The lowest BCUT2D eigenvalue weighted by molar-refractivity contribution is 0.0789. The molecular weight excluding hydrogens is 262 g/mol. The molecule has 104 valence electrons. The summed E-state index contributed by atoms with van der Waals surface area (Å²) in [6.45, 7) is 3.27. The van der Waals surface area contributed by atoms with Gasteiger partial charge < -0.3 is 4.90 Å². The molecule has 0 aromatic heterocycles. The molecule has 5 heteroatoms. The SMILES string of the molecule is CCCS(=O)(=O)c1ccccc1C(=O)N1CCCC1. The molecule has 1 amide bonds. The van der Waals surface area contributed by atoms with E-state index in [1.807, 2.05) is 6.92 Å². The van der Waals surface area contributed by atoms with E-state index in [1.165, 1.54) is 6.07 Å². The van der Waals surface area contributed by atoms with E-state index in [2.05, 4.69) is 0 Å². The van der Waals surface area contributed by atoms with Crippen molar-refractivity contribution in [2.75, 3.05) is 18.8 Å². The zero-order chi connectivity index (χ0) is 13.9. The minimum atomic E-state index is -3.36. The summed E-state index contributed by atoms with van der Waals surface area (Å²) in [6.07, 6.45) is 2.54. The fourth-order valence-corrected chi connectivity index (χ4v) is 3.92. The van der Waals surface area contributed by atoms with Gasteiger partial charge in [0, 0.05) is 13.1 Å². The fourth-order valence-electron chi connectivity index (χ4n) is 2.38. The van der Waals surface area contributed by atoms with E-state index >= 15 is 0 Å². The molecular formula is C14H19NO3S. The van der Waals surface area contributed by atoms with Crippen LogP contribution < -0.4 is 0 Å². The predicted molar refractivity (Wildman–Crippen MR) is 73.9 cm³/mol. The Bertz CT molecular complexity index is 560. The lowest BCUT2D eigenvalue weighted by Crippen LogP contribution is -2.29. The molecule has 1 heterocycles. The van der Waals surface area contributed by atoms with Crippen LogP contribution in [-0.2, 0) is 9.84 Å². The van der Waals surface area contributed by atoms with Gasteiger partial charge in [0.1, 0.15) is 0 Å². The Hall–Kier alpha value is -1.36. The van der Waals surface area contributed by atoms with Crippen molar-refractivity contribution in [3.05, 3.63) is 29.8 Å². The highest BCUT2D eigenvalue weighted by molar-refractivity contribution is 7.91. The minimum absolute atomic E-state index is 0.0806. The van der Waals surface area contributed by atoms with Gasteiger partial charge in [-0.3, -0.25) is 4.79 Å². The summed E-state index contributed by atoms with van der Waals surface area (Å²) in [5.41, 5.74) is 0.317. The van der Waals surface area contributed by atoms with Gasteiger partial charge in [-0.2, -0.15) is 0 Å². The van der Waals surface area contributed by atoms with Crippen LogP contribution in [0.4, 0.5) is 0 Å². The standard InChI is InChI=1S/C14H19NO3S/c1-2-11-19(17,18)13-8-4-3-7-12(13)14(16)15-9-5-6-10-15/h3-4,7-8H,2,5-6,9-11H2,1H3. The third kappa shape index (κ3) is 2.97. The molecule has 1 saturated heterocycles. The molecule has 0 radical (unpaired) electrons. The highest BCUT2D eigenvalue weighted by atomic mass is 32.2. The van der Waals surface area contributed by atoms with Crippen molar-refractivity contribution in [1.82, 2.24) is 4.90 Å². The molecule has 1 aliphatic rings. The number of sulfone groups is 1. The van der Waals surface area contributed by atoms with Crippen molar-refractivity contribution in [2.45, 2.75) is 31.1 Å². The summed E-state index contributed by atoms with van der Waals surface area (Å²) in [7, 11) is -3.36. The van der Waals surface area contributed by atoms with Crippen LogP contribution in [-0.4, -0.2) is 38.1 Å². The van der Waals surface area contributed by atoms with E-state index in [4.69, 9.17) is 0 Å². The van der Waals surface area contributed by atoms with Gasteiger partial charge in [0.25, 0.3) is 5.91 Å². The Kier molecular flexibility index (Phi) is 4.24. The fraction of sp³-hybridized carbons (Fsp3) is 0.500. The van der Waals surface area contributed by atoms with Gasteiger partial charge in [-0.25, -0.2) is 8.42 Å². The molecule has 0 bridgehead atoms. The number of hydrogen-bond donors (Lipinski definition) is 0. The van der Waals surface area contributed by atoms with Crippen LogP contribution in [0.1, 0.15) is 36.5 Å². The first-order chi connectivity index (χ1) is 9.06. The lowest BCUT2D eigenvalue weighted by atomic mass is 10.2. The van der Waals surface area contributed by atoms with Crippen molar-refractivity contribution in [1.29, 1.82) is 0 Å². The maximum absolute atomic E-state index is 12.4. The second kappa shape index (κ2) is 5.74. The van der Waals surface area contributed by atoms with Crippen LogP contribution in [0.3, 0.4) is 0 Å². The van der Waals surface area contributed by atoms with Gasteiger partial charge in [0.2, 0.25) is 0 Å². The average Bonchev–Trinajstić information content (AvgIpc) is 2.92. The normalized spacial score (nSPS) is 15.7. The Labute approximate surface area is 114 Å². The second-order valence-electron chi connectivity index (χ2n) is 4.81. The minimum Gasteiger partial charge on any atom is -0.339 e. The van der Waals surface area contributed by atoms with Crippen molar-refractivity contribution in [3.63, 3.8) is 0 Å². The van der Waals surface area contributed by atoms with Crippen LogP contribution in [0.2, 0.25) is 0 Å². The van der Waals surface area contributed by atoms with Gasteiger partial charge in [0.15, 0.2) is 9.84 Å². The maximum Gasteiger partial charge on any atom is 0.255 e. The summed E-state index contributed by atoms with van der Waals surface area (Å²) in [5.74, 6) is -0.0788. The van der Waals surface area contributed by atoms with Crippen molar-refractivity contribution >= 4 is 15.7 Å². The van der Waals surface area contributed by atoms with Gasteiger partial charge in [-0.1, -0.05) is 19.1 Å². The number of rotatable bonds is 4. The zero-order valence-electron chi connectivity index (χ0n) is 11.1. The largest absolute Gasteiger partial charge is 0.339 e. The van der Waals surface area contributed by atoms with E-state index in [-0.39, 0.29) is 16.6 Å². The second-order valence-corrected chi connectivity index (χ2v) is 6.89. The predicted octanol–water partition coefficient (Wildman–Crippen LogP) is 2.11. The zero-order valence-corrected chi connectivity index (χ0v) is 11.9. The van der Waals surface area contributed by atoms with Gasteiger partial charge in [0.05, 0.1) is 16.2 Å². The average molecular weight is 281 g/mol. The van der Waals surface area contributed by atoms with E-state index in [0.29, 0.717) is 12.0 Å². The van der Waals surface area contributed by atoms with Crippen LogP contribution in [0.15, 0.2) is 29.2 Å². The van der Waals surface area contributed by atoms with E-state index < -0.39 is 9.84 Å². The van der Waals surface area contributed by atoms with Gasteiger partial charge in [-0.15, -0.1) is 0 Å². The molecule has 1 fully saturated rings. The molecule has 0 unspecified atom stereocenters. The summed E-state index contributed by atoms with van der Waals surface area (Å²) in [4.78, 5) is 14.3. The Morgan fingerprint density at radius 3 is 2.47 bits per heavy atom. The highest BCUT2D eigenvalue weighted by Crippen LogP contribution is 2.21. The number of amides is 1. The molecule has 1 aliphatic heterocycles. The molecule has 1 aromatic rings. The van der Waals surface area contributed by atoms with Crippen LogP contribution in [0, 0.1) is 0 Å². The van der Waals surface area contributed by atoms with Gasteiger partial charge in [-0.05, 0) is 31.4 Å². The molecule has 0 spiro atoms. The topological polar surface area (TPSA) is 54.5 Å². The summed E-state index contributed by atoms with van der Waals surface area (Å²) < 4.78 is 24.4. The third-order valence-electron chi connectivity index (χ3n) is 3.32. The number of likely N-dealkylation sites (tertiary alicyclic amines) is 1. The summed E-state index contributed by atoms with van der Waals surface area (Å²) in [5, 5.41) is 0. The molecule has 0 atom stereocenters. The Morgan fingerprint density at radius 2 is 1.84 bits per heavy atom. The Balaban J connectivity index is 2.38. The van der Waals surface area contributed by atoms with Gasteiger partial charge >= 0.3 is 0 Å². The van der Waals surface area contributed by atoms with E-state index in [0.717, 1.165) is 25.9 Å². The maximum atomic E-state index is 12.4. The quantitative estimate of drug-likeness (QED) is 0.849. The molecule has 2 rings (SSSR count). The first-order valence-corrected chi connectivity index (χ1v) is 8.32. The smallest absolute Gasteiger partial charge is 0.255 e. The molecule has 0 N–H and O–H groups in total. The summed E-state index contributed by atoms with van der Waals surface area (Å²) in [6, 6.07) is 6.54. The first-order valence-electron chi connectivity index (χ1n) is 6.67. The molecule has 0 aliphatic carbocycles. The lowest BCUT2D eigenvalue weighted by Gasteiger charge is -2.17. The number of hydrogen-bond acceptors (Lipinski definition) is 3. The molecule has 4 nitrogen and oxygen atoms in total. The van der Waals surface area contributed by atoms with Crippen LogP contribution in [0.25, 0.3) is 0 Å².